The van der Waals surface area contributed by atoms with Crippen molar-refractivity contribution in [2.24, 2.45) is 0 Å². The fraction of sp³-hybridized carbons (Fsp3) is 0.417. The van der Waals surface area contributed by atoms with Crippen molar-refractivity contribution in [2.45, 2.75) is 19.4 Å². The molecule has 0 bridgehead atoms. The van der Waals surface area contributed by atoms with Gasteiger partial charge in [-0.25, -0.2) is 4.98 Å². The minimum absolute atomic E-state index is 0.215. The van der Waals surface area contributed by atoms with Crippen LogP contribution in [0.3, 0.4) is 0 Å². The van der Waals surface area contributed by atoms with Crippen LogP contribution in [0.1, 0.15) is 13.8 Å². The molecule has 0 saturated carbocycles. The van der Waals surface area contributed by atoms with Gasteiger partial charge in [-0.05, 0) is 26.0 Å². The van der Waals surface area contributed by atoms with E-state index in [-0.39, 0.29) is 5.60 Å². The summed E-state index contributed by atoms with van der Waals surface area (Å²) in [5, 5.41) is 4.26. The Morgan fingerprint density at radius 2 is 2.25 bits per heavy atom. The van der Waals surface area contributed by atoms with Crippen molar-refractivity contribution >= 4 is 16.8 Å². The summed E-state index contributed by atoms with van der Waals surface area (Å²) in [6, 6.07) is 3.76. The van der Waals surface area contributed by atoms with Crippen LogP contribution in [0.2, 0.25) is 0 Å². The molecule has 0 saturated heterocycles. The molecule has 2 heterocycles. The largest absolute Gasteiger partial charge is 0.464 e. The van der Waals surface area contributed by atoms with Crippen molar-refractivity contribution in [1.29, 1.82) is 0 Å². The van der Waals surface area contributed by atoms with Gasteiger partial charge in [-0.3, -0.25) is 0 Å². The number of pyridine rings is 1. The van der Waals surface area contributed by atoms with Gasteiger partial charge in [-0.15, -0.1) is 0 Å². The maximum Gasteiger partial charge on any atom is 0.139 e. The second kappa shape index (κ2) is 4.14. The molecule has 0 aromatic carbocycles. The van der Waals surface area contributed by atoms with Gasteiger partial charge in [0.15, 0.2) is 0 Å². The van der Waals surface area contributed by atoms with Crippen molar-refractivity contribution in [3.8, 4) is 0 Å². The lowest BCUT2D eigenvalue weighted by molar-refractivity contribution is 0.0343. The first-order valence-corrected chi connectivity index (χ1v) is 5.24. The second-order valence-corrected chi connectivity index (χ2v) is 4.31. The zero-order chi connectivity index (χ0) is 11.6. The number of aromatic nitrogens is 1. The van der Waals surface area contributed by atoms with Crippen LogP contribution in [-0.4, -0.2) is 24.2 Å². The first-order valence-electron chi connectivity index (χ1n) is 5.24. The summed E-state index contributed by atoms with van der Waals surface area (Å²) in [5.74, 6) is 0.830. The van der Waals surface area contributed by atoms with E-state index in [0.29, 0.717) is 6.54 Å². The quantitative estimate of drug-likeness (QED) is 0.860. The molecule has 4 heteroatoms. The van der Waals surface area contributed by atoms with Gasteiger partial charge in [-0.1, -0.05) is 0 Å². The van der Waals surface area contributed by atoms with Gasteiger partial charge in [-0.2, -0.15) is 0 Å². The molecule has 0 atom stereocenters. The highest BCUT2D eigenvalue weighted by atomic mass is 16.5. The number of hydrogen-bond acceptors (Lipinski definition) is 4. The van der Waals surface area contributed by atoms with Crippen LogP contribution in [0.25, 0.3) is 11.0 Å². The van der Waals surface area contributed by atoms with E-state index in [1.165, 1.54) is 0 Å². The normalized spacial score (nSPS) is 11.9. The van der Waals surface area contributed by atoms with Crippen molar-refractivity contribution in [3.05, 3.63) is 24.6 Å². The fourth-order valence-corrected chi connectivity index (χ4v) is 1.40. The first kappa shape index (κ1) is 11.0. The van der Waals surface area contributed by atoms with E-state index in [0.717, 1.165) is 16.8 Å². The van der Waals surface area contributed by atoms with E-state index in [2.05, 4.69) is 10.3 Å². The monoisotopic (exact) mass is 220 g/mol. The van der Waals surface area contributed by atoms with E-state index in [1.54, 1.807) is 19.6 Å². The van der Waals surface area contributed by atoms with Gasteiger partial charge in [0.1, 0.15) is 11.4 Å². The molecule has 0 aliphatic rings. The Kier molecular flexibility index (Phi) is 2.83. The number of anilines is 1. The van der Waals surface area contributed by atoms with E-state index in [4.69, 9.17) is 9.15 Å². The third kappa shape index (κ3) is 2.17. The highest BCUT2D eigenvalue weighted by Gasteiger charge is 2.16. The van der Waals surface area contributed by atoms with Crippen LogP contribution >= 0.6 is 0 Å². The van der Waals surface area contributed by atoms with E-state index in [1.807, 2.05) is 26.0 Å². The molecule has 2 rings (SSSR count). The molecule has 0 amide bonds. The predicted molar refractivity (Wildman–Crippen MR) is 63.6 cm³/mol. The van der Waals surface area contributed by atoms with Crippen LogP contribution in [0.15, 0.2) is 29.0 Å². The summed E-state index contributed by atoms with van der Waals surface area (Å²) < 4.78 is 10.6. The molecular weight excluding hydrogens is 204 g/mol. The number of hydrogen-bond donors (Lipinski definition) is 1. The number of nitrogens with zero attached hydrogens (tertiary/aromatic N) is 1. The van der Waals surface area contributed by atoms with Gasteiger partial charge < -0.3 is 14.5 Å². The SMILES string of the molecule is COC(C)(C)CNc1nccc2occc12. The van der Waals surface area contributed by atoms with Gasteiger partial charge in [0.25, 0.3) is 0 Å². The fourth-order valence-electron chi connectivity index (χ4n) is 1.40. The average molecular weight is 220 g/mol. The molecular formula is C12H16N2O2. The van der Waals surface area contributed by atoms with Crippen LogP contribution < -0.4 is 5.32 Å². The highest BCUT2D eigenvalue weighted by Crippen LogP contribution is 2.22. The predicted octanol–water partition coefficient (Wildman–Crippen LogP) is 2.66. The van der Waals surface area contributed by atoms with Crippen LogP contribution in [0.4, 0.5) is 5.82 Å². The van der Waals surface area contributed by atoms with E-state index >= 15 is 0 Å². The Balaban J connectivity index is 2.18. The van der Waals surface area contributed by atoms with Crippen LogP contribution in [-0.2, 0) is 4.74 Å². The molecule has 1 N–H and O–H groups in total. The van der Waals surface area contributed by atoms with Gasteiger partial charge in [0.2, 0.25) is 0 Å². The molecule has 2 aromatic rings. The Morgan fingerprint density at radius 1 is 1.44 bits per heavy atom. The van der Waals surface area contributed by atoms with Crippen molar-refractivity contribution in [3.63, 3.8) is 0 Å². The minimum Gasteiger partial charge on any atom is -0.464 e. The van der Waals surface area contributed by atoms with E-state index in [9.17, 15) is 0 Å². The van der Waals surface area contributed by atoms with Gasteiger partial charge >= 0.3 is 0 Å². The lowest BCUT2D eigenvalue weighted by atomic mass is 10.1. The van der Waals surface area contributed by atoms with Crippen LogP contribution in [0, 0.1) is 0 Å². The summed E-state index contributed by atoms with van der Waals surface area (Å²) in [6.45, 7) is 4.74. The smallest absolute Gasteiger partial charge is 0.139 e. The summed E-state index contributed by atoms with van der Waals surface area (Å²) in [7, 11) is 1.70. The summed E-state index contributed by atoms with van der Waals surface area (Å²) >= 11 is 0. The van der Waals surface area contributed by atoms with Crippen molar-refractivity contribution in [1.82, 2.24) is 4.98 Å². The number of rotatable bonds is 4. The third-order valence-electron chi connectivity index (χ3n) is 2.61. The van der Waals surface area contributed by atoms with Gasteiger partial charge in [0, 0.05) is 19.9 Å². The maximum absolute atomic E-state index is 5.34. The molecule has 0 radical (unpaired) electrons. The number of ether oxygens (including phenoxy) is 1. The molecule has 0 aliphatic carbocycles. The molecule has 86 valence electrons. The van der Waals surface area contributed by atoms with Crippen LogP contribution in [0.5, 0.6) is 0 Å². The van der Waals surface area contributed by atoms with Gasteiger partial charge in [0.05, 0.1) is 17.3 Å². The number of methoxy groups -OCH3 is 1. The van der Waals surface area contributed by atoms with E-state index < -0.39 is 0 Å². The minimum atomic E-state index is -0.215. The molecule has 4 nitrogen and oxygen atoms in total. The lowest BCUT2D eigenvalue weighted by Gasteiger charge is -2.23. The molecule has 16 heavy (non-hydrogen) atoms. The summed E-state index contributed by atoms with van der Waals surface area (Å²) in [4.78, 5) is 4.29. The summed E-state index contributed by atoms with van der Waals surface area (Å²) in [5.41, 5.74) is 0.626. The topological polar surface area (TPSA) is 47.3 Å². The maximum atomic E-state index is 5.34. The molecule has 0 spiro atoms. The Bertz CT molecular complexity index is 477. The zero-order valence-electron chi connectivity index (χ0n) is 9.78. The van der Waals surface area contributed by atoms with Crippen molar-refractivity contribution in [2.75, 3.05) is 19.0 Å². The Hall–Kier alpha value is -1.55. The zero-order valence-corrected chi connectivity index (χ0v) is 9.78. The highest BCUT2D eigenvalue weighted by molar-refractivity contribution is 5.87. The average Bonchev–Trinajstić information content (AvgIpc) is 2.75. The second-order valence-electron chi connectivity index (χ2n) is 4.31. The number of furan rings is 1. The molecule has 0 aliphatic heterocycles. The molecule has 0 fully saturated rings. The standard InChI is InChI=1S/C12H16N2O2/c1-12(2,15-3)8-14-11-9-5-7-16-10(9)4-6-13-11/h4-7H,8H2,1-3H3,(H,13,14). The number of nitrogens with one attached hydrogen (secondary N) is 1. The number of fused-ring (bicyclic) bond motifs is 1. The lowest BCUT2D eigenvalue weighted by Crippen LogP contribution is -2.32. The Labute approximate surface area is 94.6 Å². The Morgan fingerprint density at radius 3 is 3.00 bits per heavy atom. The summed E-state index contributed by atoms with van der Waals surface area (Å²) in [6.07, 6.45) is 3.40. The molecule has 2 aromatic heterocycles. The first-order chi connectivity index (χ1) is 7.62. The van der Waals surface area contributed by atoms with Crippen molar-refractivity contribution < 1.29 is 9.15 Å². The third-order valence-corrected chi connectivity index (χ3v) is 2.61. The molecule has 0 unspecified atom stereocenters.